The number of imidazole rings is 1. The molecule has 3 fully saturated rings. The first-order chi connectivity index (χ1) is 18.0. The minimum atomic E-state index is -0.420. The lowest BCUT2D eigenvalue weighted by molar-refractivity contribution is -0.115. The number of rotatable bonds is 4. The number of hydrogen-bond donors (Lipinski definition) is 1. The zero-order valence-corrected chi connectivity index (χ0v) is 21.2. The molecule has 1 saturated carbocycles. The average molecular weight is 517 g/mol. The van der Waals surface area contributed by atoms with Crippen molar-refractivity contribution in [3.05, 3.63) is 58.9 Å². The number of carbonyl (C=O) groups excluding carboxylic acids is 3. The van der Waals surface area contributed by atoms with Crippen LogP contribution in [0.4, 0.5) is 4.79 Å². The van der Waals surface area contributed by atoms with E-state index in [1.807, 2.05) is 39.8 Å². The first-order valence-electron chi connectivity index (χ1n) is 12.8. The van der Waals surface area contributed by atoms with Crippen LogP contribution in [-0.2, 0) is 4.79 Å². The van der Waals surface area contributed by atoms with E-state index < -0.39 is 5.91 Å². The number of fused-ring (bicyclic) bond motifs is 1. The maximum absolute atomic E-state index is 13.4. The third kappa shape index (κ3) is 4.91. The highest BCUT2D eigenvalue weighted by molar-refractivity contribution is 8.18. The summed E-state index contributed by atoms with van der Waals surface area (Å²) in [7, 11) is 0. The number of amides is 3. The normalized spacial score (nSPS) is 20.6. The minimum absolute atomic E-state index is 0.0434. The van der Waals surface area contributed by atoms with Gasteiger partial charge in [0.25, 0.3) is 17.1 Å². The van der Waals surface area contributed by atoms with Crippen LogP contribution in [0.1, 0.15) is 48.2 Å². The Bertz CT molecular complexity index is 1400. The molecule has 9 nitrogen and oxygen atoms in total. The Labute approximate surface area is 218 Å². The molecule has 4 heterocycles. The lowest BCUT2D eigenvalue weighted by atomic mass is 9.94. The van der Waals surface area contributed by atoms with Crippen molar-refractivity contribution >= 4 is 46.1 Å². The number of carbonyl (C=O) groups is 3. The van der Waals surface area contributed by atoms with Gasteiger partial charge in [-0.15, -0.1) is 0 Å². The van der Waals surface area contributed by atoms with Gasteiger partial charge in [-0.1, -0.05) is 25.3 Å². The summed E-state index contributed by atoms with van der Waals surface area (Å²) in [5.74, 6) is -0.377. The predicted octanol–water partition coefficient (Wildman–Crippen LogP) is 3.83. The van der Waals surface area contributed by atoms with Gasteiger partial charge in [0.05, 0.1) is 10.6 Å². The predicted molar refractivity (Wildman–Crippen MR) is 142 cm³/mol. The largest absolute Gasteiger partial charge is 0.336 e. The van der Waals surface area contributed by atoms with Crippen LogP contribution in [0.15, 0.2) is 47.6 Å². The second kappa shape index (κ2) is 10.1. The number of nitrogens with zero attached hydrogens (tertiary/aromatic N) is 5. The highest BCUT2D eigenvalue weighted by atomic mass is 32.2. The van der Waals surface area contributed by atoms with Crippen molar-refractivity contribution in [2.24, 2.45) is 0 Å². The van der Waals surface area contributed by atoms with Crippen molar-refractivity contribution in [3.8, 4) is 5.69 Å². The number of piperazine rings is 1. The van der Waals surface area contributed by atoms with Crippen molar-refractivity contribution in [2.45, 2.75) is 38.1 Å². The highest BCUT2D eigenvalue weighted by Crippen LogP contribution is 2.27. The molecular weight excluding hydrogens is 488 g/mol. The first kappa shape index (κ1) is 23.9. The number of aromatic nitrogens is 3. The molecule has 0 spiro atoms. The smallest absolute Gasteiger partial charge is 0.290 e. The van der Waals surface area contributed by atoms with Gasteiger partial charge in [0, 0.05) is 43.5 Å². The lowest BCUT2D eigenvalue weighted by Gasteiger charge is -2.40. The maximum atomic E-state index is 13.4. The van der Waals surface area contributed by atoms with E-state index in [4.69, 9.17) is 0 Å². The topological polar surface area (TPSA) is 100 Å². The SMILES string of the molecule is O=C1NC(=O)C(=Cc2ccc3ncn(-c4cccc(C(=O)N5CCN(C6CCCCC6)CC5)c4)c3n2)S1. The molecule has 2 aromatic heterocycles. The Morgan fingerprint density at radius 2 is 1.84 bits per heavy atom. The fourth-order valence-electron chi connectivity index (χ4n) is 5.44. The van der Waals surface area contributed by atoms with E-state index in [9.17, 15) is 14.4 Å². The number of hydrogen-bond acceptors (Lipinski definition) is 7. The van der Waals surface area contributed by atoms with E-state index in [0.29, 0.717) is 33.4 Å². The van der Waals surface area contributed by atoms with Crippen LogP contribution >= 0.6 is 11.8 Å². The van der Waals surface area contributed by atoms with E-state index in [0.717, 1.165) is 43.6 Å². The Balaban J connectivity index is 1.21. The molecule has 0 unspecified atom stereocenters. The fourth-order valence-corrected chi connectivity index (χ4v) is 6.11. The molecule has 1 N–H and O–H groups in total. The molecule has 1 aliphatic carbocycles. The first-order valence-corrected chi connectivity index (χ1v) is 13.6. The second-order valence-corrected chi connectivity index (χ2v) is 10.7. The number of thioether (sulfide) groups is 1. The summed E-state index contributed by atoms with van der Waals surface area (Å²) in [5.41, 5.74) is 3.27. The standard InChI is InChI=1S/C27H28N6O3S/c34-25-23(37-27(36)30-25)16-19-9-10-22-24(29-19)33(17-28-22)21-8-4-5-18(15-21)26(35)32-13-11-31(12-14-32)20-6-2-1-3-7-20/h4-5,8-10,15-17,20H,1-3,6-7,11-14H2,(H,30,34,36). The number of benzene rings is 1. The molecule has 3 aliphatic rings. The summed E-state index contributed by atoms with van der Waals surface area (Å²) < 4.78 is 1.84. The highest BCUT2D eigenvalue weighted by Gasteiger charge is 2.28. The molecule has 0 atom stereocenters. The van der Waals surface area contributed by atoms with E-state index in [-0.39, 0.29) is 11.1 Å². The molecule has 0 bridgehead atoms. The summed E-state index contributed by atoms with van der Waals surface area (Å²) in [5, 5.41) is 1.86. The van der Waals surface area contributed by atoms with Crippen LogP contribution in [0.3, 0.4) is 0 Å². The van der Waals surface area contributed by atoms with Crippen molar-refractivity contribution in [1.82, 2.24) is 29.7 Å². The quantitative estimate of drug-likeness (QED) is 0.526. The van der Waals surface area contributed by atoms with Crippen molar-refractivity contribution < 1.29 is 14.4 Å². The van der Waals surface area contributed by atoms with Gasteiger partial charge in [0.15, 0.2) is 5.65 Å². The van der Waals surface area contributed by atoms with Gasteiger partial charge in [-0.25, -0.2) is 9.97 Å². The van der Waals surface area contributed by atoms with Crippen molar-refractivity contribution in [2.75, 3.05) is 26.2 Å². The van der Waals surface area contributed by atoms with Gasteiger partial charge >= 0.3 is 0 Å². The van der Waals surface area contributed by atoms with Gasteiger partial charge in [0.2, 0.25) is 0 Å². The molecular formula is C27H28N6O3S. The molecule has 3 amide bonds. The number of imide groups is 1. The van der Waals surface area contributed by atoms with Crippen LogP contribution in [0.25, 0.3) is 22.9 Å². The third-order valence-electron chi connectivity index (χ3n) is 7.40. The molecule has 190 valence electrons. The van der Waals surface area contributed by atoms with Gasteiger partial charge in [0.1, 0.15) is 11.8 Å². The summed E-state index contributed by atoms with van der Waals surface area (Å²) in [6, 6.07) is 11.8. The molecule has 37 heavy (non-hydrogen) atoms. The average Bonchev–Trinajstić information content (AvgIpc) is 3.50. The van der Waals surface area contributed by atoms with Gasteiger partial charge in [-0.2, -0.15) is 0 Å². The van der Waals surface area contributed by atoms with E-state index in [1.54, 1.807) is 18.5 Å². The van der Waals surface area contributed by atoms with E-state index >= 15 is 0 Å². The molecule has 2 saturated heterocycles. The lowest BCUT2D eigenvalue weighted by Crippen LogP contribution is -2.52. The van der Waals surface area contributed by atoms with Crippen molar-refractivity contribution in [1.29, 1.82) is 0 Å². The van der Waals surface area contributed by atoms with Crippen LogP contribution in [-0.4, -0.2) is 73.6 Å². The second-order valence-electron chi connectivity index (χ2n) is 9.72. The summed E-state index contributed by atoms with van der Waals surface area (Å²) in [4.78, 5) is 50.7. The molecule has 6 rings (SSSR count). The van der Waals surface area contributed by atoms with E-state index in [2.05, 4.69) is 20.2 Å². The molecule has 10 heteroatoms. The molecule has 0 radical (unpaired) electrons. The van der Waals surface area contributed by atoms with Crippen molar-refractivity contribution in [3.63, 3.8) is 0 Å². The van der Waals surface area contributed by atoms with Crippen LogP contribution in [0.5, 0.6) is 0 Å². The monoisotopic (exact) mass is 516 g/mol. The Hall–Kier alpha value is -3.50. The molecule has 1 aromatic carbocycles. The molecule has 3 aromatic rings. The Kier molecular flexibility index (Phi) is 6.52. The van der Waals surface area contributed by atoms with Gasteiger partial charge in [-0.05, 0) is 61.0 Å². The minimum Gasteiger partial charge on any atom is -0.336 e. The van der Waals surface area contributed by atoms with Crippen LogP contribution in [0.2, 0.25) is 0 Å². The van der Waals surface area contributed by atoms with Gasteiger partial charge < -0.3 is 4.90 Å². The zero-order chi connectivity index (χ0) is 25.4. The number of nitrogens with one attached hydrogen (secondary N) is 1. The summed E-state index contributed by atoms with van der Waals surface area (Å²) in [6.45, 7) is 3.38. The summed E-state index contributed by atoms with van der Waals surface area (Å²) in [6.07, 6.45) is 9.83. The van der Waals surface area contributed by atoms with Crippen LogP contribution < -0.4 is 5.32 Å². The fraction of sp³-hybridized carbons (Fsp3) is 0.370. The number of pyridine rings is 1. The summed E-state index contributed by atoms with van der Waals surface area (Å²) >= 11 is 0.857. The van der Waals surface area contributed by atoms with E-state index in [1.165, 1.54) is 32.1 Å². The zero-order valence-electron chi connectivity index (χ0n) is 20.4. The Morgan fingerprint density at radius 1 is 1.03 bits per heavy atom. The van der Waals surface area contributed by atoms with Gasteiger partial charge in [-0.3, -0.25) is 29.2 Å². The van der Waals surface area contributed by atoms with Crippen LogP contribution in [0, 0.1) is 0 Å². The Morgan fingerprint density at radius 3 is 2.59 bits per heavy atom. The third-order valence-corrected chi connectivity index (χ3v) is 8.21. The maximum Gasteiger partial charge on any atom is 0.290 e. The molecule has 2 aliphatic heterocycles.